The van der Waals surface area contributed by atoms with Crippen molar-refractivity contribution in [3.05, 3.63) is 48.0 Å². The first-order valence-electron chi connectivity index (χ1n) is 8.33. The minimum Gasteiger partial charge on any atom is -0.496 e. The van der Waals surface area contributed by atoms with Crippen LogP contribution < -0.4 is 10.1 Å². The smallest absolute Gasteiger partial charge is 0.255 e. The number of imidazole rings is 1. The summed E-state index contributed by atoms with van der Waals surface area (Å²) in [5, 5.41) is 22.4. The number of nitrogens with zero attached hydrogens (tertiary/aromatic N) is 2. The van der Waals surface area contributed by atoms with Crippen LogP contribution in [0.2, 0.25) is 0 Å². The standard InChI is InChI=1S/C18H23N3O4/c1-25-17-8-12(10-22)2-3-14(17)18(24)20-15-6-13(7-16(15)23)9-21-5-4-19-11-21/h2-5,8,11,13,15-16,22-23H,6-7,9-10H2,1H3,(H,20,24)/t13?,15-,16-/m1/s1. The number of benzene rings is 1. The molecule has 1 fully saturated rings. The Balaban J connectivity index is 1.64. The van der Waals surface area contributed by atoms with E-state index in [0.29, 0.717) is 29.7 Å². The number of rotatable bonds is 6. The highest BCUT2D eigenvalue weighted by Crippen LogP contribution is 2.28. The summed E-state index contributed by atoms with van der Waals surface area (Å²) >= 11 is 0. The lowest BCUT2D eigenvalue weighted by molar-refractivity contribution is 0.0869. The van der Waals surface area contributed by atoms with Gasteiger partial charge in [0, 0.05) is 18.9 Å². The molecule has 1 heterocycles. The maximum Gasteiger partial charge on any atom is 0.255 e. The zero-order valence-electron chi connectivity index (χ0n) is 14.1. The predicted octanol–water partition coefficient (Wildman–Crippen LogP) is 0.953. The lowest BCUT2D eigenvalue weighted by atomic mass is 10.1. The van der Waals surface area contributed by atoms with E-state index in [0.717, 1.165) is 6.54 Å². The average molecular weight is 345 g/mol. The number of aromatic nitrogens is 2. The predicted molar refractivity (Wildman–Crippen MR) is 91.1 cm³/mol. The molecule has 1 aliphatic carbocycles. The summed E-state index contributed by atoms with van der Waals surface area (Å²) in [6, 6.07) is 4.67. The topological polar surface area (TPSA) is 96.6 Å². The molecule has 1 saturated carbocycles. The average Bonchev–Trinajstić information content (AvgIpc) is 3.24. The van der Waals surface area contributed by atoms with E-state index in [1.54, 1.807) is 30.7 Å². The van der Waals surface area contributed by atoms with E-state index < -0.39 is 6.10 Å². The molecular weight excluding hydrogens is 322 g/mol. The molecule has 0 radical (unpaired) electrons. The van der Waals surface area contributed by atoms with Gasteiger partial charge in [-0.1, -0.05) is 6.07 Å². The minimum absolute atomic E-state index is 0.116. The van der Waals surface area contributed by atoms with E-state index in [2.05, 4.69) is 10.3 Å². The van der Waals surface area contributed by atoms with Crippen molar-refractivity contribution in [1.82, 2.24) is 14.9 Å². The number of carbonyl (C=O) groups is 1. The van der Waals surface area contributed by atoms with E-state index in [9.17, 15) is 15.0 Å². The number of hydrogen-bond donors (Lipinski definition) is 3. The van der Waals surface area contributed by atoms with Gasteiger partial charge in [0.15, 0.2) is 0 Å². The van der Waals surface area contributed by atoms with Crippen LogP contribution in [0.25, 0.3) is 0 Å². The van der Waals surface area contributed by atoms with Crippen molar-refractivity contribution in [2.45, 2.75) is 38.1 Å². The highest BCUT2D eigenvalue weighted by Gasteiger charge is 2.34. The van der Waals surface area contributed by atoms with Crippen molar-refractivity contribution in [1.29, 1.82) is 0 Å². The third-order valence-electron chi connectivity index (χ3n) is 4.66. The first-order valence-corrected chi connectivity index (χ1v) is 8.33. The van der Waals surface area contributed by atoms with E-state index in [1.165, 1.54) is 7.11 Å². The molecule has 1 amide bonds. The van der Waals surface area contributed by atoms with Gasteiger partial charge in [0.1, 0.15) is 5.75 Å². The van der Waals surface area contributed by atoms with Crippen LogP contribution in [0.3, 0.4) is 0 Å². The Morgan fingerprint density at radius 3 is 2.96 bits per heavy atom. The molecule has 2 aromatic rings. The number of methoxy groups -OCH3 is 1. The monoisotopic (exact) mass is 345 g/mol. The van der Waals surface area contributed by atoms with Crippen LogP contribution in [0.4, 0.5) is 0 Å². The summed E-state index contributed by atoms with van der Waals surface area (Å²) in [6.07, 6.45) is 6.16. The summed E-state index contributed by atoms with van der Waals surface area (Å²) in [6.45, 7) is 0.660. The zero-order valence-corrected chi connectivity index (χ0v) is 14.1. The molecule has 25 heavy (non-hydrogen) atoms. The van der Waals surface area contributed by atoms with Gasteiger partial charge < -0.3 is 24.8 Å². The van der Waals surface area contributed by atoms with Gasteiger partial charge in [-0.3, -0.25) is 4.79 Å². The fraction of sp³-hybridized carbons (Fsp3) is 0.444. The van der Waals surface area contributed by atoms with Crippen molar-refractivity contribution < 1.29 is 19.7 Å². The van der Waals surface area contributed by atoms with Gasteiger partial charge in [0.25, 0.3) is 5.91 Å². The number of aliphatic hydroxyl groups excluding tert-OH is 2. The number of nitrogens with one attached hydrogen (secondary N) is 1. The maximum atomic E-state index is 12.6. The van der Waals surface area contributed by atoms with Gasteiger partial charge >= 0.3 is 0 Å². The zero-order chi connectivity index (χ0) is 17.8. The second kappa shape index (κ2) is 7.67. The Morgan fingerprint density at radius 1 is 1.44 bits per heavy atom. The maximum absolute atomic E-state index is 12.6. The highest BCUT2D eigenvalue weighted by atomic mass is 16.5. The first kappa shape index (κ1) is 17.4. The molecule has 1 aromatic heterocycles. The molecule has 0 spiro atoms. The number of carbonyl (C=O) groups excluding carboxylic acids is 1. The summed E-state index contributed by atoms with van der Waals surface area (Å²) in [7, 11) is 1.48. The van der Waals surface area contributed by atoms with Gasteiger partial charge in [-0.25, -0.2) is 4.98 Å². The minimum atomic E-state index is -0.569. The van der Waals surface area contributed by atoms with E-state index >= 15 is 0 Å². The summed E-state index contributed by atoms with van der Waals surface area (Å²) in [4.78, 5) is 16.6. The molecule has 0 aliphatic heterocycles. The van der Waals surface area contributed by atoms with E-state index in [1.807, 2.05) is 10.8 Å². The van der Waals surface area contributed by atoms with Crippen LogP contribution in [-0.2, 0) is 13.2 Å². The second-order valence-electron chi connectivity index (χ2n) is 6.44. The molecule has 0 saturated heterocycles. The van der Waals surface area contributed by atoms with Crippen molar-refractivity contribution in [3.63, 3.8) is 0 Å². The SMILES string of the molecule is COc1cc(CO)ccc1C(=O)N[C@@H]1CC(Cn2ccnc2)C[C@H]1O. The molecule has 1 aromatic carbocycles. The molecular formula is C18H23N3O4. The molecule has 3 rings (SSSR count). The molecule has 134 valence electrons. The fourth-order valence-corrected chi connectivity index (χ4v) is 3.38. The molecule has 1 aliphatic rings. The molecule has 7 heteroatoms. The molecule has 1 unspecified atom stereocenters. The van der Waals surface area contributed by atoms with Crippen LogP contribution >= 0.6 is 0 Å². The van der Waals surface area contributed by atoms with Gasteiger partial charge in [0.2, 0.25) is 0 Å². The summed E-state index contributed by atoms with van der Waals surface area (Å²) in [5.74, 6) is 0.410. The van der Waals surface area contributed by atoms with Crippen molar-refractivity contribution in [2.24, 2.45) is 5.92 Å². The number of aliphatic hydroxyl groups is 2. The van der Waals surface area contributed by atoms with Gasteiger partial charge in [-0.05, 0) is 36.5 Å². The summed E-state index contributed by atoms with van der Waals surface area (Å²) < 4.78 is 7.23. The Bertz CT molecular complexity index is 717. The molecule has 7 nitrogen and oxygen atoms in total. The third kappa shape index (κ3) is 4.00. The molecule has 3 atom stereocenters. The largest absolute Gasteiger partial charge is 0.496 e. The Hall–Kier alpha value is -2.38. The lowest BCUT2D eigenvalue weighted by Gasteiger charge is -2.18. The van der Waals surface area contributed by atoms with Gasteiger partial charge in [-0.15, -0.1) is 0 Å². The number of hydrogen-bond acceptors (Lipinski definition) is 5. The molecule has 0 bridgehead atoms. The van der Waals surface area contributed by atoms with Gasteiger partial charge in [-0.2, -0.15) is 0 Å². The first-order chi connectivity index (χ1) is 12.1. The van der Waals surface area contributed by atoms with Crippen molar-refractivity contribution >= 4 is 5.91 Å². The Labute approximate surface area is 146 Å². The summed E-state index contributed by atoms with van der Waals surface area (Å²) in [5.41, 5.74) is 1.07. The quantitative estimate of drug-likeness (QED) is 0.724. The van der Waals surface area contributed by atoms with Crippen molar-refractivity contribution in [2.75, 3.05) is 7.11 Å². The van der Waals surface area contributed by atoms with Crippen molar-refractivity contribution in [3.8, 4) is 5.75 Å². The lowest BCUT2D eigenvalue weighted by Crippen LogP contribution is -2.40. The van der Waals surface area contributed by atoms with E-state index in [4.69, 9.17) is 4.74 Å². The third-order valence-corrected chi connectivity index (χ3v) is 4.66. The second-order valence-corrected chi connectivity index (χ2v) is 6.44. The van der Waals surface area contributed by atoms with Crippen LogP contribution in [0.15, 0.2) is 36.9 Å². The Kier molecular flexibility index (Phi) is 5.35. The van der Waals surface area contributed by atoms with Crippen LogP contribution in [0.5, 0.6) is 5.75 Å². The van der Waals surface area contributed by atoms with E-state index in [-0.39, 0.29) is 24.5 Å². The van der Waals surface area contributed by atoms with Crippen LogP contribution in [0, 0.1) is 5.92 Å². The Morgan fingerprint density at radius 2 is 2.28 bits per heavy atom. The number of ether oxygens (including phenoxy) is 1. The highest BCUT2D eigenvalue weighted by molar-refractivity contribution is 5.97. The fourth-order valence-electron chi connectivity index (χ4n) is 3.38. The van der Waals surface area contributed by atoms with Crippen LogP contribution in [-0.4, -0.2) is 44.9 Å². The number of amides is 1. The normalized spacial score (nSPS) is 22.8. The molecule has 3 N–H and O–H groups in total. The van der Waals surface area contributed by atoms with Crippen LogP contribution in [0.1, 0.15) is 28.8 Å². The van der Waals surface area contributed by atoms with Gasteiger partial charge in [0.05, 0.1) is 37.8 Å².